The van der Waals surface area contributed by atoms with Gasteiger partial charge >= 0.3 is 0 Å². The molecule has 8 nitrogen and oxygen atoms in total. The Balaban J connectivity index is 1.25. The van der Waals surface area contributed by atoms with E-state index in [9.17, 15) is 4.79 Å². The van der Waals surface area contributed by atoms with Crippen LogP contribution in [0.3, 0.4) is 0 Å². The van der Waals surface area contributed by atoms with Gasteiger partial charge in [0.1, 0.15) is 28.5 Å². The molecule has 0 radical (unpaired) electrons. The summed E-state index contributed by atoms with van der Waals surface area (Å²) in [5, 5.41) is 3.62. The first-order valence-electron chi connectivity index (χ1n) is 11.6. The number of rotatable bonds is 4. The van der Waals surface area contributed by atoms with Crippen molar-refractivity contribution < 1.29 is 14.3 Å². The largest absolute Gasteiger partial charge is 0.494 e. The van der Waals surface area contributed by atoms with Gasteiger partial charge in [0.15, 0.2) is 15.6 Å². The second-order valence-electron chi connectivity index (χ2n) is 9.04. The SMILES string of the molecule is COc1cnc(Cl)cc1-c1cc2c(cc1C(=O)Nc1nc3ncc(C#CC4CC4)nc3s1)OC1CC21. The lowest BCUT2D eigenvalue weighted by Crippen LogP contribution is -2.14. The number of benzene rings is 1. The number of methoxy groups -OCH3 is 1. The van der Waals surface area contributed by atoms with Crippen LogP contribution in [0.25, 0.3) is 21.6 Å². The van der Waals surface area contributed by atoms with Crippen molar-refractivity contribution in [2.75, 3.05) is 12.4 Å². The molecule has 0 spiro atoms. The Morgan fingerprint density at radius 1 is 1.19 bits per heavy atom. The van der Waals surface area contributed by atoms with E-state index < -0.39 is 0 Å². The molecule has 178 valence electrons. The smallest absolute Gasteiger partial charge is 0.258 e. The van der Waals surface area contributed by atoms with Crippen LogP contribution in [0.4, 0.5) is 5.13 Å². The summed E-state index contributed by atoms with van der Waals surface area (Å²) in [4.78, 5) is 31.6. The van der Waals surface area contributed by atoms with Gasteiger partial charge < -0.3 is 9.47 Å². The second kappa shape index (κ2) is 8.15. The van der Waals surface area contributed by atoms with Crippen LogP contribution >= 0.6 is 22.9 Å². The van der Waals surface area contributed by atoms with Crippen LogP contribution in [0.2, 0.25) is 5.15 Å². The predicted octanol–water partition coefficient (Wildman–Crippen LogP) is 5.07. The maximum absolute atomic E-state index is 13.6. The fourth-order valence-corrected chi connectivity index (χ4v) is 5.34. The number of carbonyl (C=O) groups excluding carboxylic acids is 1. The number of pyridine rings is 1. The van der Waals surface area contributed by atoms with E-state index in [1.54, 1.807) is 31.6 Å². The van der Waals surface area contributed by atoms with Crippen LogP contribution in [-0.4, -0.2) is 39.1 Å². The van der Waals surface area contributed by atoms with Crippen molar-refractivity contribution in [3.8, 4) is 34.5 Å². The number of nitrogens with one attached hydrogen (secondary N) is 1. The highest BCUT2D eigenvalue weighted by molar-refractivity contribution is 7.21. The van der Waals surface area contributed by atoms with Gasteiger partial charge in [-0.05, 0) is 48.9 Å². The third kappa shape index (κ3) is 3.83. The highest BCUT2D eigenvalue weighted by atomic mass is 35.5. The van der Waals surface area contributed by atoms with E-state index in [-0.39, 0.29) is 12.0 Å². The number of hydrogen-bond acceptors (Lipinski definition) is 8. The van der Waals surface area contributed by atoms with Crippen molar-refractivity contribution in [2.24, 2.45) is 5.92 Å². The lowest BCUT2D eigenvalue weighted by molar-refractivity contribution is 0.102. The summed E-state index contributed by atoms with van der Waals surface area (Å²) in [6, 6.07) is 5.49. The molecule has 2 atom stereocenters. The average molecular weight is 516 g/mol. The van der Waals surface area contributed by atoms with Gasteiger partial charge in [0, 0.05) is 23.0 Å². The minimum absolute atomic E-state index is 0.188. The Morgan fingerprint density at radius 2 is 2.08 bits per heavy atom. The van der Waals surface area contributed by atoms with Crippen molar-refractivity contribution in [1.82, 2.24) is 19.9 Å². The van der Waals surface area contributed by atoms with Crippen molar-refractivity contribution in [3.63, 3.8) is 0 Å². The van der Waals surface area contributed by atoms with Gasteiger partial charge in [0.05, 0.1) is 25.1 Å². The van der Waals surface area contributed by atoms with Crippen molar-refractivity contribution in [3.05, 3.63) is 52.6 Å². The van der Waals surface area contributed by atoms with Crippen molar-refractivity contribution in [2.45, 2.75) is 31.3 Å². The zero-order valence-corrected chi connectivity index (χ0v) is 20.6. The molecule has 36 heavy (non-hydrogen) atoms. The molecule has 2 unspecified atom stereocenters. The number of nitrogens with zero attached hydrogens (tertiary/aromatic N) is 4. The molecule has 1 N–H and O–H groups in total. The number of hydrogen-bond donors (Lipinski definition) is 1. The fourth-order valence-electron chi connectivity index (χ4n) is 4.39. The van der Waals surface area contributed by atoms with E-state index in [4.69, 9.17) is 21.1 Å². The predicted molar refractivity (Wildman–Crippen MR) is 136 cm³/mol. The molecule has 0 bridgehead atoms. The first kappa shape index (κ1) is 21.5. The summed E-state index contributed by atoms with van der Waals surface area (Å²) in [6.07, 6.45) is 6.64. The Labute approximate surface area is 215 Å². The van der Waals surface area contributed by atoms with Crippen LogP contribution < -0.4 is 14.8 Å². The molecule has 2 fully saturated rings. The molecule has 1 aromatic carbocycles. The number of aromatic nitrogens is 4. The van der Waals surface area contributed by atoms with E-state index >= 15 is 0 Å². The highest BCUT2D eigenvalue weighted by Crippen LogP contribution is 2.55. The number of fused-ring (bicyclic) bond motifs is 4. The summed E-state index contributed by atoms with van der Waals surface area (Å²) in [5.74, 6) is 8.01. The van der Waals surface area contributed by atoms with E-state index in [0.29, 0.717) is 60.7 Å². The van der Waals surface area contributed by atoms with Gasteiger partial charge in [-0.2, -0.15) is 4.98 Å². The maximum atomic E-state index is 13.6. The zero-order valence-electron chi connectivity index (χ0n) is 19.0. The Morgan fingerprint density at radius 3 is 2.92 bits per heavy atom. The third-order valence-corrected chi connectivity index (χ3v) is 7.53. The van der Waals surface area contributed by atoms with E-state index in [1.165, 1.54) is 11.3 Å². The first-order chi connectivity index (χ1) is 17.6. The van der Waals surface area contributed by atoms with Crippen LogP contribution in [0, 0.1) is 17.8 Å². The number of amides is 1. The minimum Gasteiger partial charge on any atom is -0.494 e. The van der Waals surface area contributed by atoms with Gasteiger partial charge in [-0.3, -0.25) is 10.1 Å². The molecular weight excluding hydrogens is 498 g/mol. The number of ether oxygens (including phenoxy) is 2. The molecule has 1 aliphatic heterocycles. The normalized spacial score (nSPS) is 19.1. The number of anilines is 1. The Bertz CT molecular complexity index is 1640. The summed E-state index contributed by atoms with van der Waals surface area (Å²) in [5.41, 5.74) is 3.96. The Hall–Kier alpha value is -3.74. The van der Waals surface area contributed by atoms with Crippen LogP contribution in [0.5, 0.6) is 11.5 Å². The average Bonchev–Trinajstić information content (AvgIpc) is 3.79. The maximum Gasteiger partial charge on any atom is 0.258 e. The monoisotopic (exact) mass is 515 g/mol. The molecule has 0 saturated heterocycles. The van der Waals surface area contributed by atoms with Crippen molar-refractivity contribution >= 4 is 44.5 Å². The second-order valence-corrected chi connectivity index (χ2v) is 10.4. The molecule has 4 aromatic rings. The first-order valence-corrected chi connectivity index (χ1v) is 12.8. The number of thiazole rings is 1. The minimum atomic E-state index is -0.334. The topological polar surface area (TPSA) is 99.1 Å². The summed E-state index contributed by atoms with van der Waals surface area (Å²) >= 11 is 7.47. The summed E-state index contributed by atoms with van der Waals surface area (Å²) in [7, 11) is 1.56. The van der Waals surface area contributed by atoms with Crippen LogP contribution in [0.15, 0.2) is 30.6 Å². The molecule has 7 rings (SSSR count). The number of halogens is 1. The lowest BCUT2D eigenvalue weighted by atomic mass is 9.95. The molecule has 3 aliphatic rings. The van der Waals surface area contributed by atoms with E-state index in [1.807, 2.05) is 6.07 Å². The standard InChI is InChI=1S/C26H18ClN5O3S/c1-34-21-11-28-22(27)9-17(21)14-6-15-16-7-19(16)35-20(15)8-18(14)24(33)32-26-31-23-25(36-26)30-13(10-29-23)5-4-12-2-3-12/h6,8-12,16,19H,2-3,7H2,1H3,(H,29,31,32,33). The quantitative estimate of drug-likeness (QED) is 0.299. The van der Waals surface area contributed by atoms with Gasteiger partial charge in [0.2, 0.25) is 0 Å². The van der Waals surface area contributed by atoms with Crippen LogP contribution in [-0.2, 0) is 0 Å². The zero-order chi connectivity index (χ0) is 24.4. The summed E-state index contributed by atoms with van der Waals surface area (Å²) in [6.45, 7) is 0. The van der Waals surface area contributed by atoms with Crippen molar-refractivity contribution in [1.29, 1.82) is 0 Å². The number of carbonyl (C=O) groups is 1. The molecule has 10 heteroatoms. The van der Waals surface area contributed by atoms with Gasteiger partial charge in [-0.15, -0.1) is 0 Å². The van der Waals surface area contributed by atoms with Crippen LogP contribution in [0.1, 0.15) is 46.8 Å². The highest BCUT2D eigenvalue weighted by Gasteiger charge is 2.48. The van der Waals surface area contributed by atoms with Gasteiger partial charge in [-0.25, -0.2) is 15.0 Å². The fraction of sp³-hybridized carbons (Fsp3) is 0.269. The van der Waals surface area contributed by atoms with E-state index in [2.05, 4.69) is 37.1 Å². The van der Waals surface area contributed by atoms with Gasteiger partial charge in [0.25, 0.3) is 5.91 Å². The van der Waals surface area contributed by atoms with Gasteiger partial charge in [-0.1, -0.05) is 28.9 Å². The molecule has 3 aromatic heterocycles. The molecule has 1 amide bonds. The molecule has 2 saturated carbocycles. The van der Waals surface area contributed by atoms with E-state index in [0.717, 1.165) is 30.6 Å². The third-order valence-electron chi connectivity index (χ3n) is 6.47. The molecule has 4 heterocycles. The molecular formula is C26H18ClN5O3S. The lowest BCUT2D eigenvalue weighted by Gasteiger charge is -2.15. The molecule has 2 aliphatic carbocycles. The Kier molecular flexibility index (Phi) is 4.88. The summed E-state index contributed by atoms with van der Waals surface area (Å²) < 4.78 is 11.5.